The lowest BCUT2D eigenvalue weighted by atomic mass is 10.3. The Bertz CT molecular complexity index is 555. The van der Waals surface area contributed by atoms with Gasteiger partial charge in [-0.2, -0.15) is 8.42 Å². The maximum atomic E-state index is 10.7. The van der Waals surface area contributed by atoms with Gasteiger partial charge in [0.05, 0.1) is 24.4 Å². The van der Waals surface area contributed by atoms with Crippen LogP contribution in [-0.2, 0) is 14.3 Å². The predicted octanol–water partition coefficient (Wildman–Crippen LogP) is 0.958. The fourth-order valence-electron chi connectivity index (χ4n) is 1.23. The van der Waals surface area contributed by atoms with Gasteiger partial charge in [-0.1, -0.05) is 0 Å². The molecule has 0 fully saturated rings. The van der Waals surface area contributed by atoms with Crippen molar-refractivity contribution >= 4 is 15.8 Å². The molecule has 0 bridgehead atoms. The van der Waals surface area contributed by atoms with Gasteiger partial charge in [0.1, 0.15) is 13.2 Å². The van der Waals surface area contributed by atoms with Crippen LogP contribution in [0.15, 0.2) is 18.2 Å². The molecule has 0 aliphatic heterocycles. The van der Waals surface area contributed by atoms with Gasteiger partial charge in [0.15, 0.2) is 11.5 Å². The van der Waals surface area contributed by atoms with E-state index in [0.29, 0.717) is 5.75 Å². The van der Waals surface area contributed by atoms with Gasteiger partial charge in [-0.25, -0.2) is 0 Å². The van der Waals surface area contributed by atoms with Crippen molar-refractivity contribution in [1.29, 1.82) is 0 Å². The summed E-state index contributed by atoms with van der Waals surface area (Å²) >= 11 is 0. The fourth-order valence-corrected chi connectivity index (χ4v) is 1.60. The second kappa shape index (κ2) is 6.34. The van der Waals surface area contributed by atoms with Crippen LogP contribution in [0.3, 0.4) is 0 Å². The summed E-state index contributed by atoms with van der Waals surface area (Å²) in [4.78, 5) is 10.0. The van der Waals surface area contributed by atoms with Crippen LogP contribution in [0.4, 0.5) is 5.69 Å². The minimum absolute atomic E-state index is 0.0788. The molecule has 0 aliphatic carbocycles. The summed E-state index contributed by atoms with van der Waals surface area (Å²) in [5, 5.41) is 10.6. The highest BCUT2D eigenvalue weighted by Gasteiger charge is 2.12. The number of nitrogens with zero attached hydrogens (tertiary/aromatic N) is 1. The number of nitro benzene ring substituents is 1. The highest BCUT2D eigenvalue weighted by atomic mass is 32.2. The highest BCUT2D eigenvalue weighted by molar-refractivity contribution is 7.85. The first kappa shape index (κ1) is 15.2. The summed E-state index contributed by atoms with van der Waals surface area (Å²) < 4.78 is 36.1. The Morgan fingerprint density at radius 2 is 1.95 bits per heavy atom. The fraction of sp³-hybridized carbons (Fsp3) is 0.400. The number of rotatable bonds is 7. The molecule has 0 atom stereocenters. The molecule has 0 unspecified atom stereocenters. The SMILES string of the molecule is COc1ccc([N+](=O)[O-])cc1OCCOS(C)(=O)=O. The maximum absolute atomic E-state index is 10.7. The molecule has 0 spiro atoms. The summed E-state index contributed by atoms with van der Waals surface area (Å²) in [6.45, 7) is -0.269. The molecule has 1 aromatic rings. The third kappa shape index (κ3) is 5.10. The van der Waals surface area contributed by atoms with Crippen molar-refractivity contribution in [2.45, 2.75) is 0 Å². The molecule has 9 heteroatoms. The van der Waals surface area contributed by atoms with Gasteiger partial charge in [-0.15, -0.1) is 0 Å². The van der Waals surface area contributed by atoms with Crippen molar-refractivity contribution in [2.24, 2.45) is 0 Å². The molecule has 0 saturated carbocycles. The Kier molecular flexibility index (Phi) is 5.07. The van der Waals surface area contributed by atoms with Crippen molar-refractivity contribution in [3.8, 4) is 11.5 Å². The lowest BCUT2D eigenvalue weighted by Crippen LogP contribution is -2.11. The number of non-ortho nitro benzene ring substituents is 1. The van der Waals surface area contributed by atoms with Gasteiger partial charge in [0, 0.05) is 6.07 Å². The van der Waals surface area contributed by atoms with Crippen LogP contribution in [0.1, 0.15) is 0 Å². The van der Waals surface area contributed by atoms with Crippen LogP contribution in [0, 0.1) is 10.1 Å². The second-order valence-corrected chi connectivity index (χ2v) is 5.11. The number of benzene rings is 1. The van der Waals surface area contributed by atoms with Crippen molar-refractivity contribution in [1.82, 2.24) is 0 Å². The van der Waals surface area contributed by atoms with E-state index in [-0.39, 0.29) is 24.7 Å². The molecular weight excluding hydrogens is 278 g/mol. The number of nitro groups is 1. The average molecular weight is 291 g/mol. The molecule has 1 rings (SSSR count). The minimum Gasteiger partial charge on any atom is -0.493 e. The van der Waals surface area contributed by atoms with Gasteiger partial charge in [0.2, 0.25) is 0 Å². The quantitative estimate of drug-likeness (QED) is 0.319. The molecule has 1 aromatic carbocycles. The van der Waals surface area contributed by atoms with Crippen LogP contribution >= 0.6 is 0 Å². The summed E-state index contributed by atoms with van der Waals surface area (Å²) in [6, 6.07) is 3.86. The third-order valence-electron chi connectivity index (χ3n) is 2.00. The molecule has 0 heterocycles. The van der Waals surface area contributed by atoms with E-state index in [1.165, 1.54) is 25.3 Å². The molecule has 0 saturated heterocycles. The second-order valence-electron chi connectivity index (χ2n) is 3.47. The zero-order chi connectivity index (χ0) is 14.5. The standard InChI is InChI=1S/C10H13NO7S/c1-16-9-4-3-8(11(12)13)7-10(9)17-5-6-18-19(2,14)15/h3-4,7H,5-6H2,1-2H3. The van der Waals surface area contributed by atoms with E-state index < -0.39 is 15.0 Å². The Hall–Kier alpha value is -1.87. The van der Waals surface area contributed by atoms with E-state index in [9.17, 15) is 18.5 Å². The van der Waals surface area contributed by atoms with E-state index in [0.717, 1.165) is 6.26 Å². The molecular formula is C10H13NO7S. The Labute approximate surface area is 110 Å². The largest absolute Gasteiger partial charge is 0.493 e. The zero-order valence-electron chi connectivity index (χ0n) is 10.4. The van der Waals surface area contributed by atoms with Crippen molar-refractivity contribution < 1.29 is 27.0 Å². The molecule has 0 aliphatic rings. The Balaban J connectivity index is 2.70. The van der Waals surface area contributed by atoms with Crippen molar-refractivity contribution in [2.75, 3.05) is 26.6 Å². The number of methoxy groups -OCH3 is 1. The molecule has 0 radical (unpaired) electrons. The predicted molar refractivity (Wildman–Crippen MR) is 65.9 cm³/mol. The highest BCUT2D eigenvalue weighted by Crippen LogP contribution is 2.30. The zero-order valence-corrected chi connectivity index (χ0v) is 11.2. The summed E-state index contributed by atoms with van der Waals surface area (Å²) in [5.74, 6) is 0.457. The number of hydrogen-bond donors (Lipinski definition) is 0. The van der Waals surface area contributed by atoms with Crippen LogP contribution < -0.4 is 9.47 Å². The first-order chi connectivity index (χ1) is 8.83. The van der Waals surface area contributed by atoms with Crippen LogP contribution in [0.5, 0.6) is 11.5 Å². The van der Waals surface area contributed by atoms with E-state index >= 15 is 0 Å². The summed E-state index contributed by atoms with van der Waals surface area (Å²) in [7, 11) is -2.15. The van der Waals surface area contributed by atoms with Gasteiger partial charge >= 0.3 is 0 Å². The van der Waals surface area contributed by atoms with Gasteiger partial charge in [-0.3, -0.25) is 14.3 Å². The summed E-state index contributed by atoms with van der Waals surface area (Å²) in [6.07, 6.45) is 0.918. The molecule has 106 valence electrons. The molecule has 0 N–H and O–H groups in total. The maximum Gasteiger partial charge on any atom is 0.273 e. The van der Waals surface area contributed by atoms with Gasteiger partial charge in [0.25, 0.3) is 15.8 Å². The first-order valence-corrected chi connectivity index (χ1v) is 6.95. The van der Waals surface area contributed by atoms with Crippen molar-refractivity contribution in [3.63, 3.8) is 0 Å². The van der Waals surface area contributed by atoms with Gasteiger partial charge in [-0.05, 0) is 6.07 Å². The van der Waals surface area contributed by atoms with E-state index in [1.807, 2.05) is 0 Å². The van der Waals surface area contributed by atoms with Crippen molar-refractivity contribution in [3.05, 3.63) is 28.3 Å². The molecule has 19 heavy (non-hydrogen) atoms. The normalized spacial score (nSPS) is 11.1. The Morgan fingerprint density at radius 3 is 2.47 bits per heavy atom. The van der Waals surface area contributed by atoms with Gasteiger partial charge < -0.3 is 9.47 Å². The smallest absolute Gasteiger partial charge is 0.273 e. The van der Waals surface area contributed by atoms with Crippen LogP contribution in [-0.4, -0.2) is 39.9 Å². The number of ether oxygens (including phenoxy) is 2. The van der Waals surface area contributed by atoms with Crippen LogP contribution in [0.25, 0.3) is 0 Å². The first-order valence-electron chi connectivity index (χ1n) is 5.13. The average Bonchev–Trinajstić information content (AvgIpc) is 2.33. The van der Waals surface area contributed by atoms with E-state index in [1.54, 1.807) is 0 Å². The van der Waals surface area contributed by atoms with Crippen LogP contribution in [0.2, 0.25) is 0 Å². The number of hydrogen-bond acceptors (Lipinski definition) is 7. The Morgan fingerprint density at radius 1 is 1.26 bits per heavy atom. The lowest BCUT2D eigenvalue weighted by Gasteiger charge is -2.10. The molecule has 0 amide bonds. The van der Waals surface area contributed by atoms with E-state index in [2.05, 4.69) is 4.18 Å². The lowest BCUT2D eigenvalue weighted by molar-refractivity contribution is -0.385. The summed E-state index contributed by atoms with van der Waals surface area (Å²) in [5.41, 5.74) is -0.153. The minimum atomic E-state index is -3.54. The molecule has 0 aromatic heterocycles. The third-order valence-corrected chi connectivity index (χ3v) is 2.59. The topological polar surface area (TPSA) is 105 Å². The molecule has 8 nitrogen and oxygen atoms in total. The monoisotopic (exact) mass is 291 g/mol. The van der Waals surface area contributed by atoms with E-state index in [4.69, 9.17) is 9.47 Å².